The van der Waals surface area contributed by atoms with Gasteiger partial charge in [0.15, 0.2) is 12.6 Å². The average Bonchev–Trinajstić information content (AvgIpc) is 3.39. The third kappa shape index (κ3) is 31.5. The maximum atomic E-state index is 13.1. The standard InChI is InChI=1S/C59H111NO13/c1-3-5-7-9-11-13-14-15-16-17-18-19-20-21-22-23-24-25-26-27-28-29-30-31-32-33-34-35-36-38-40-42-48(63)47(60-51(64)43-41-39-37-12-10-8-6-4-2)46-70-58-56(69)54(67)57(50(45-62)72-58)73-59-55(68)53(66)52(65)49(44-61)71-59/h34-35,40,42,47-50,52-59,61-63,65-69H,3-33,36-39,41,43-46H2,1-2H3,(H,60,64)/b35-34+,42-40+. The van der Waals surface area contributed by atoms with Crippen molar-refractivity contribution in [1.82, 2.24) is 5.32 Å². The molecule has 0 radical (unpaired) electrons. The Morgan fingerprint density at radius 3 is 1.34 bits per heavy atom. The molecule has 12 atom stereocenters. The van der Waals surface area contributed by atoms with Gasteiger partial charge in [-0.3, -0.25) is 4.79 Å². The van der Waals surface area contributed by atoms with Gasteiger partial charge in [0.05, 0.1) is 32.0 Å². The van der Waals surface area contributed by atoms with Crippen LogP contribution in [0.15, 0.2) is 24.3 Å². The van der Waals surface area contributed by atoms with Gasteiger partial charge in [-0.15, -0.1) is 0 Å². The molecule has 0 aromatic rings. The first-order valence-corrected chi connectivity index (χ1v) is 30.1. The molecule has 0 saturated carbocycles. The molecule has 2 saturated heterocycles. The second kappa shape index (κ2) is 45.5. The zero-order valence-electron chi connectivity index (χ0n) is 46.1. The highest BCUT2D eigenvalue weighted by Crippen LogP contribution is 2.30. The van der Waals surface area contributed by atoms with Crippen LogP contribution in [-0.4, -0.2) is 140 Å². The second-order valence-electron chi connectivity index (χ2n) is 21.5. The number of amides is 1. The molecule has 2 rings (SSSR count). The van der Waals surface area contributed by atoms with Crippen LogP contribution >= 0.6 is 0 Å². The third-order valence-corrected chi connectivity index (χ3v) is 14.9. The molecule has 12 unspecified atom stereocenters. The van der Waals surface area contributed by atoms with Gasteiger partial charge in [0.1, 0.15) is 48.8 Å². The first-order valence-electron chi connectivity index (χ1n) is 30.1. The van der Waals surface area contributed by atoms with Crippen molar-refractivity contribution in [1.29, 1.82) is 0 Å². The Morgan fingerprint density at radius 1 is 0.479 bits per heavy atom. The first-order chi connectivity index (χ1) is 35.6. The molecule has 0 aromatic carbocycles. The minimum atomic E-state index is -1.79. The highest BCUT2D eigenvalue weighted by Gasteiger charge is 2.51. The fourth-order valence-corrected chi connectivity index (χ4v) is 10.0. The zero-order valence-corrected chi connectivity index (χ0v) is 46.1. The number of aliphatic hydroxyl groups is 8. The topological polar surface area (TPSA) is 228 Å². The average molecular weight is 1040 g/mol. The second-order valence-corrected chi connectivity index (χ2v) is 21.5. The Kier molecular flexibility index (Phi) is 42.1. The molecule has 0 aromatic heterocycles. The minimum absolute atomic E-state index is 0.253. The van der Waals surface area contributed by atoms with E-state index < -0.39 is 86.8 Å². The normalized spacial score (nSPS) is 25.5. The molecule has 1 amide bonds. The van der Waals surface area contributed by atoms with E-state index in [-0.39, 0.29) is 18.9 Å². The molecule has 14 nitrogen and oxygen atoms in total. The van der Waals surface area contributed by atoms with Crippen LogP contribution in [0.3, 0.4) is 0 Å². The van der Waals surface area contributed by atoms with Crippen LogP contribution in [0.1, 0.15) is 251 Å². The van der Waals surface area contributed by atoms with Crippen molar-refractivity contribution >= 4 is 5.91 Å². The lowest BCUT2D eigenvalue weighted by Crippen LogP contribution is -2.65. The predicted molar refractivity (Wildman–Crippen MR) is 291 cm³/mol. The predicted octanol–water partition coefficient (Wildman–Crippen LogP) is 10.1. The summed E-state index contributed by atoms with van der Waals surface area (Å²) in [6.45, 7) is 2.75. The van der Waals surface area contributed by atoms with Crippen LogP contribution in [0.2, 0.25) is 0 Å². The number of unbranched alkanes of at least 4 members (excludes halogenated alkanes) is 33. The number of ether oxygens (including phenoxy) is 4. The number of allylic oxidation sites excluding steroid dienone is 3. The van der Waals surface area contributed by atoms with E-state index in [1.54, 1.807) is 6.08 Å². The smallest absolute Gasteiger partial charge is 0.220 e. The fourth-order valence-electron chi connectivity index (χ4n) is 10.0. The van der Waals surface area contributed by atoms with E-state index in [0.29, 0.717) is 12.8 Å². The van der Waals surface area contributed by atoms with Gasteiger partial charge < -0.3 is 65.1 Å². The molecule has 2 aliphatic rings. The van der Waals surface area contributed by atoms with Crippen LogP contribution < -0.4 is 5.32 Å². The van der Waals surface area contributed by atoms with Crippen molar-refractivity contribution in [2.24, 2.45) is 0 Å². The van der Waals surface area contributed by atoms with Crippen LogP contribution in [0.25, 0.3) is 0 Å². The lowest BCUT2D eigenvalue weighted by Gasteiger charge is -2.46. The molecule has 2 fully saturated rings. The molecule has 9 N–H and O–H groups in total. The number of aliphatic hydroxyl groups excluding tert-OH is 8. The summed E-state index contributed by atoms with van der Waals surface area (Å²) in [7, 11) is 0. The van der Waals surface area contributed by atoms with Gasteiger partial charge in [0.25, 0.3) is 0 Å². The number of carbonyl (C=O) groups excluding carboxylic acids is 1. The number of rotatable bonds is 48. The Labute approximate surface area is 443 Å². The van der Waals surface area contributed by atoms with Crippen molar-refractivity contribution in [2.75, 3.05) is 19.8 Å². The van der Waals surface area contributed by atoms with Crippen LogP contribution in [0, 0.1) is 0 Å². The summed E-state index contributed by atoms with van der Waals surface area (Å²) in [5.41, 5.74) is 0. The highest BCUT2D eigenvalue weighted by atomic mass is 16.7. The SMILES string of the molecule is CCCCCCCCCCCCCCCCCCCCCCCCCCC/C=C/CC/C=C/C(O)C(COC1OC(CO)C(OC2OC(CO)C(O)C(O)C2O)C(O)C1O)NC(=O)CCCCCCCCCC. The van der Waals surface area contributed by atoms with Gasteiger partial charge in [-0.05, 0) is 32.1 Å². The Morgan fingerprint density at radius 2 is 0.877 bits per heavy atom. The molecule has 2 aliphatic heterocycles. The molecule has 0 spiro atoms. The summed E-state index contributed by atoms with van der Waals surface area (Å²) >= 11 is 0. The third-order valence-electron chi connectivity index (χ3n) is 14.9. The maximum absolute atomic E-state index is 13.1. The Balaban J connectivity index is 1.65. The molecule has 2 heterocycles. The van der Waals surface area contributed by atoms with E-state index in [4.69, 9.17) is 18.9 Å². The Hall–Kier alpha value is -1.53. The molecular weight excluding hydrogens is 931 g/mol. The van der Waals surface area contributed by atoms with E-state index in [1.807, 2.05) is 6.08 Å². The van der Waals surface area contributed by atoms with Gasteiger partial charge in [-0.2, -0.15) is 0 Å². The summed E-state index contributed by atoms with van der Waals surface area (Å²) in [4.78, 5) is 13.1. The van der Waals surface area contributed by atoms with Crippen LogP contribution in [0.4, 0.5) is 0 Å². The fraction of sp³-hybridized carbons (Fsp3) is 0.915. The van der Waals surface area contributed by atoms with Gasteiger partial charge in [0, 0.05) is 6.42 Å². The van der Waals surface area contributed by atoms with Crippen LogP contribution in [-0.2, 0) is 23.7 Å². The van der Waals surface area contributed by atoms with E-state index >= 15 is 0 Å². The molecule has 0 bridgehead atoms. The van der Waals surface area contributed by atoms with Crippen molar-refractivity contribution in [2.45, 2.75) is 325 Å². The molecule has 73 heavy (non-hydrogen) atoms. The van der Waals surface area contributed by atoms with Crippen molar-refractivity contribution in [3.63, 3.8) is 0 Å². The maximum Gasteiger partial charge on any atom is 0.220 e. The summed E-state index contributed by atoms with van der Waals surface area (Å²) in [6, 6.07) is -0.925. The van der Waals surface area contributed by atoms with E-state index in [1.165, 1.54) is 186 Å². The van der Waals surface area contributed by atoms with Crippen molar-refractivity contribution in [3.05, 3.63) is 24.3 Å². The van der Waals surface area contributed by atoms with E-state index in [2.05, 4.69) is 31.3 Å². The lowest BCUT2D eigenvalue weighted by atomic mass is 9.97. The van der Waals surface area contributed by atoms with Crippen LogP contribution in [0.5, 0.6) is 0 Å². The monoisotopic (exact) mass is 1040 g/mol. The number of nitrogens with one attached hydrogen (secondary N) is 1. The number of hydrogen-bond donors (Lipinski definition) is 9. The summed E-state index contributed by atoms with van der Waals surface area (Å²) in [5.74, 6) is -0.253. The molecule has 14 heteroatoms. The van der Waals surface area contributed by atoms with Gasteiger partial charge in [-0.25, -0.2) is 0 Å². The first kappa shape index (κ1) is 67.6. The zero-order chi connectivity index (χ0) is 53.2. The Bertz CT molecular complexity index is 1320. The van der Waals surface area contributed by atoms with Gasteiger partial charge in [0.2, 0.25) is 5.91 Å². The number of hydrogen-bond acceptors (Lipinski definition) is 13. The summed E-state index contributed by atoms with van der Waals surface area (Å²) in [6.07, 6.45) is 37.1. The van der Waals surface area contributed by atoms with E-state index in [9.17, 15) is 45.6 Å². The van der Waals surface area contributed by atoms with E-state index in [0.717, 1.165) is 32.1 Å². The number of carbonyl (C=O) groups is 1. The molecule has 430 valence electrons. The minimum Gasteiger partial charge on any atom is -0.394 e. The quantitative estimate of drug-likeness (QED) is 0.0204. The van der Waals surface area contributed by atoms with Crippen molar-refractivity contribution in [3.8, 4) is 0 Å². The molecule has 0 aliphatic carbocycles. The summed E-state index contributed by atoms with van der Waals surface area (Å²) < 4.78 is 22.7. The molecular formula is C59H111NO13. The van der Waals surface area contributed by atoms with Crippen molar-refractivity contribution < 1.29 is 64.6 Å². The summed E-state index contributed by atoms with van der Waals surface area (Å²) in [5, 5.41) is 86.7. The van der Waals surface area contributed by atoms with Gasteiger partial charge >= 0.3 is 0 Å². The van der Waals surface area contributed by atoms with Gasteiger partial charge in [-0.1, -0.05) is 237 Å². The highest BCUT2D eigenvalue weighted by molar-refractivity contribution is 5.76. The largest absolute Gasteiger partial charge is 0.394 e. The lowest BCUT2D eigenvalue weighted by molar-refractivity contribution is -0.359.